The Labute approximate surface area is 136 Å². The van der Waals surface area contributed by atoms with Gasteiger partial charge in [-0.05, 0) is 30.5 Å². The summed E-state index contributed by atoms with van der Waals surface area (Å²) in [5.41, 5.74) is 0.503. The Balaban J connectivity index is 2.01. The third kappa shape index (κ3) is 4.84. The van der Waals surface area contributed by atoms with Crippen molar-refractivity contribution in [2.24, 2.45) is 5.41 Å². The monoisotopic (exact) mass is 315 g/mol. The number of carbonyl (C=O) groups is 1. The van der Waals surface area contributed by atoms with Crippen LogP contribution in [0.1, 0.15) is 45.2 Å². The lowest BCUT2D eigenvalue weighted by Gasteiger charge is -2.24. The number of rotatable bonds is 6. The lowest BCUT2D eigenvalue weighted by molar-refractivity contribution is -0.130. The quantitative estimate of drug-likeness (QED) is 0.807. The van der Waals surface area contributed by atoms with E-state index < -0.39 is 5.41 Å². The van der Waals surface area contributed by atoms with Crippen LogP contribution in [0.2, 0.25) is 0 Å². The molecule has 2 aromatic rings. The van der Waals surface area contributed by atoms with Crippen LogP contribution in [0.15, 0.2) is 43.0 Å². The average Bonchev–Trinajstić information content (AvgIpc) is 3.01. The van der Waals surface area contributed by atoms with Crippen LogP contribution < -0.4 is 0 Å². The van der Waals surface area contributed by atoms with Crippen molar-refractivity contribution in [3.63, 3.8) is 0 Å². The summed E-state index contributed by atoms with van der Waals surface area (Å²) in [5, 5.41) is 4.12. The molecule has 0 N–H and O–H groups in total. The summed E-state index contributed by atoms with van der Waals surface area (Å²) in [6.45, 7) is 5.73. The van der Waals surface area contributed by atoms with Crippen molar-refractivity contribution in [3.05, 3.63) is 54.4 Å². The van der Waals surface area contributed by atoms with E-state index >= 15 is 0 Å². The number of benzene rings is 1. The highest BCUT2D eigenvalue weighted by Gasteiger charge is 2.30. The second-order valence-corrected chi connectivity index (χ2v) is 6.54. The Kier molecular flexibility index (Phi) is 5.42. The molecule has 5 heteroatoms. The van der Waals surface area contributed by atoms with E-state index in [1.54, 1.807) is 23.1 Å². The molecular weight excluding hydrogens is 293 g/mol. The maximum atomic E-state index is 12.9. The number of Topliss-reactive ketones (excluding diaryl/α,β-unsaturated/α-hetero) is 1. The van der Waals surface area contributed by atoms with Crippen molar-refractivity contribution in [3.8, 4) is 0 Å². The van der Waals surface area contributed by atoms with E-state index in [1.165, 1.54) is 18.5 Å². The number of nitrogens with zero attached hydrogens (tertiary/aromatic N) is 3. The van der Waals surface area contributed by atoms with Crippen LogP contribution in [-0.4, -0.2) is 20.5 Å². The van der Waals surface area contributed by atoms with Gasteiger partial charge < -0.3 is 0 Å². The minimum absolute atomic E-state index is 0.137. The van der Waals surface area contributed by atoms with Gasteiger partial charge in [-0.25, -0.2) is 14.1 Å². The van der Waals surface area contributed by atoms with Crippen molar-refractivity contribution in [1.29, 1.82) is 0 Å². The summed E-state index contributed by atoms with van der Waals surface area (Å²) in [6, 6.07) is 5.99. The molecule has 0 radical (unpaired) electrons. The third-order valence-electron chi connectivity index (χ3n) is 3.58. The summed E-state index contributed by atoms with van der Waals surface area (Å²) in [5.74, 6) is -0.109. The summed E-state index contributed by atoms with van der Waals surface area (Å²) < 4.78 is 14.5. The Hall–Kier alpha value is -2.30. The zero-order chi connectivity index (χ0) is 16.9. The highest BCUT2D eigenvalue weighted by Crippen LogP contribution is 2.26. The molecule has 0 aliphatic carbocycles. The van der Waals surface area contributed by atoms with Crippen LogP contribution in [0, 0.1) is 11.2 Å². The van der Waals surface area contributed by atoms with Crippen LogP contribution in [0.3, 0.4) is 0 Å². The lowest BCUT2D eigenvalue weighted by atomic mass is 9.85. The zero-order valence-electron chi connectivity index (χ0n) is 13.7. The highest BCUT2D eigenvalue weighted by molar-refractivity contribution is 5.87. The first-order chi connectivity index (χ1) is 10.9. The number of ketones is 1. The molecule has 23 heavy (non-hydrogen) atoms. The van der Waals surface area contributed by atoms with Gasteiger partial charge in [-0.2, -0.15) is 5.10 Å². The van der Waals surface area contributed by atoms with Crippen LogP contribution in [0.25, 0.3) is 6.08 Å². The maximum Gasteiger partial charge on any atom is 0.162 e. The Morgan fingerprint density at radius 2 is 2.00 bits per heavy atom. The number of carbonyl (C=O) groups excluding carboxylic acids is 1. The van der Waals surface area contributed by atoms with Gasteiger partial charge in [-0.1, -0.05) is 45.1 Å². The van der Waals surface area contributed by atoms with Crippen molar-refractivity contribution in [2.45, 2.75) is 39.7 Å². The fraction of sp³-hybridized carbons (Fsp3) is 0.389. The summed E-state index contributed by atoms with van der Waals surface area (Å²) in [4.78, 5) is 16.5. The second-order valence-electron chi connectivity index (χ2n) is 6.54. The smallest absolute Gasteiger partial charge is 0.162 e. The van der Waals surface area contributed by atoms with Gasteiger partial charge in [-0.15, -0.1) is 0 Å². The molecule has 1 atom stereocenters. The number of aromatic nitrogens is 3. The number of halogens is 1. The molecule has 0 spiro atoms. The topological polar surface area (TPSA) is 47.8 Å². The summed E-state index contributed by atoms with van der Waals surface area (Å²) >= 11 is 0. The first-order valence-electron chi connectivity index (χ1n) is 7.68. The molecule has 0 amide bonds. The van der Waals surface area contributed by atoms with E-state index in [-0.39, 0.29) is 17.6 Å². The third-order valence-corrected chi connectivity index (χ3v) is 3.58. The molecule has 0 aliphatic heterocycles. The predicted octanol–water partition coefficient (Wildman–Crippen LogP) is 4.07. The van der Waals surface area contributed by atoms with E-state index in [1.807, 2.05) is 32.9 Å². The molecule has 1 aromatic heterocycles. The Morgan fingerprint density at radius 3 is 2.57 bits per heavy atom. The molecule has 0 aliphatic rings. The predicted molar refractivity (Wildman–Crippen MR) is 88.2 cm³/mol. The molecule has 1 unspecified atom stereocenters. The molecule has 4 nitrogen and oxygen atoms in total. The Morgan fingerprint density at radius 1 is 1.30 bits per heavy atom. The molecule has 0 bridgehead atoms. The van der Waals surface area contributed by atoms with Crippen LogP contribution in [-0.2, 0) is 4.79 Å². The van der Waals surface area contributed by atoms with E-state index in [9.17, 15) is 9.18 Å². The molecule has 1 aromatic carbocycles. The fourth-order valence-electron chi connectivity index (χ4n) is 2.31. The minimum Gasteiger partial charge on any atom is -0.297 e. The fourth-order valence-corrected chi connectivity index (χ4v) is 2.31. The van der Waals surface area contributed by atoms with Gasteiger partial charge in [0.05, 0.1) is 0 Å². The van der Waals surface area contributed by atoms with Gasteiger partial charge in [-0.3, -0.25) is 4.79 Å². The maximum absolute atomic E-state index is 12.9. The molecule has 0 fully saturated rings. The Bertz CT molecular complexity index is 655. The van der Waals surface area contributed by atoms with E-state index in [2.05, 4.69) is 10.1 Å². The van der Waals surface area contributed by atoms with E-state index in [0.717, 1.165) is 12.0 Å². The molecule has 1 heterocycles. The van der Waals surface area contributed by atoms with Crippen LogP contribution >= 0.6 is 0 Å². The largest absolute Gasteiger partial charge is 0.297 e. The highest BCUT2D eigenvalue weighted by atomic mass is 19.1. The number of allylic oxidation sites excluding steroid dienone is 1. The van der Waals surface area contributed by atoms with E-state index in [4.69, 9.17) is 0 Å². The van der Waals surface area contributed by atoms with Gasteiger partial charge in [0.1, 0.15) is 24.5 Å². The molecule has 122 valence electrons. The lowest BCUT2D eigenvalue weighted by Crippen LogP contribution is -2.30. The van der Waals surface area contributed by atoms with Crippen LogP contribution in [0.5, 0.6) is 0 Å². The molecule has 2 rings (SSSR count). The van der Waals surface area contributed by atoms with Gasteiger partial charge in [0.2, 0.25) is 0 Å². The first-order valence-corrected chi connectivity index (χ1v) is 7.68. The number of hydrogen-bond donors (Lipinski definition) is 0. The first kappa shape index (κ1) is 17.1. The van der Waals surface area contributed by atoms with Gasteiger partial charge in [0.25, 0.3) is 0 Å². The van der Waals surface area contributed by atoms with Crippen LogP contribution in [0.4, 0.5) is 4.39 Å². The summed E-state index contributed by atoms with van der Waals surface area (Å²) in [7, 11) is 0. The van der Waals surface area contributed by atoms with Gasteiger partial charge in [0, 0.05) is 5.41 Å². The van der Waals surface area contributed by atoms with E-state index in [0.29, 0.717) is 6.42 Å². The van der Waals surface area contributed by atoms with Gasteiger partial charge in [0.15, 0.2) is 5.78 Å². The summed E-state index contributed by atoms with van der Waals surface area (Å²) in [6.07, 6.45) is 8.32. The SMILES string of the molecule is CC(C)(C)C(=O)C(CCC=Cc1ccc(F)cc1)n1cncn1. The minimum atomic E-state index is -0.433. The average molecular weight is 315 g/mol. The molecule has 0 saturated carbocycles. The standard InChI is InChI=1S/C18H22FN3O/c1-18(2,3)17(23)16(22-13-20-12-21-22)7-5-4-6-14-8-10-15(19)11-9-14/h4,6,8-13,16H,5,7H2,1-3H3. The number of hydrogen-bond acceptors (Lipinski definition) is 3. The van der Waals surface area contributed by atoms with Crippen molar-refractivity contribution >= 4 is 11.9 Å². The molecular formula is C18H22FN3O. The molecule has 0 saturated heterocycles. The van der Waals surface area contributed by atoms with Crippen molar-refractivity contribution in [1.82, 2.24) is 14.8 Å². The van der Waals surface area contributed by atoms with Crippen molar-refractivity contribution in [2.75, 3.05) is 0 Å². The zero-order valence-corrected chi connectivity index (χ0v) is 13.7. The van der Waals surface area contributed by atoms with Gasteiger partial charge >= 0.3 is 0 Å². The normalized spacial score (nSPS) is 13.4. The van der Waals surface area contributed by atoms with Crippen molar-refractivity contribution < 1.29 is 9.18 Å². The second kappa shape index (κ2) is 7.31.